The molecule has 0 N–H and O–H groups in total. The first-order valence-corrected chi connectivity index (χ1v) is 9.20. The van der Waals surface area contributed by atoms with Gasteiger partial charge in [0.2, 0.25) is 11.6 Å². The smallest absolute Gasteiger partial charge is 0.296 e. The Hall–Kier alpha value is -3.33. The quantitative estimate of drug-likeness (QED) is 0.467. The summed E-state index contributed by atoms with van der Waals surface area (Å²) in [5.41, 5.74) is 2.38. The molecule has 1 unspecified atom stereocenters. The molecule has 1 aromatic carbocycles. The molecule has 1 aliphatic rings. The van der Waals surface area contributed by atoms with Crippen molar-refractivity contribution in [1.29, 1.82) is 0 Å². The number of rotatable bonds is 2. The highest BCUT2D eigenvalue weighted by molar-refractivity contribution is 5.94. The van der Waals surface area contributed by atoms with Crippen molar-refractivity contribution in [3.05, 3.63) is 42.6 Å². The van der Waals surface area contributed by atoms with Crippen LogP contribution in [0.15, 0.2) is 41.3 Å². The number of para-hydroxylation sites is 1. The number of fused-ring (bicyclic) bond motifs is 6. The van der Waals surface area contributed by atoms with Crippen LogP contribution in [0.3, 0.4) is 0 Å². The van der Waals surface area contributed by atoms with E-state index in [1.54, 1.807) is 12.5 Å². The molecule has 1 aliphatic heterocycles. The van der Waals surface area contributed by atoms with Gasteiger partial charge < -0.3 is 9.26 Å². The minimum absolute atomic E-state index is 0.164. The lowest BCUT2D eigenvalue weighted by Gasteiger charge is -2.17. The van der Waals surface area contributed by atoms with Gasteiger partial charge in [0, 0.05) is 5.39 Å². The first-order chi connectivity index (χ1) is 13.6. The molecule has 5 heterocycles. The number of hydrogen-bond donors (Lipinski definition) is 0. The molecule has 1 saturated heterocycles. The third kappa shape index (κ3) is 2.13. The molecule has 1 fully saturated rings. The zero-order valence-electron chi connectivity index (χ0n) is 15.4. The van der Waals surface area contributed by atoms with Gasteiger partial charge in [-0.3, -0.25) is 8.80 Å². The maximum Gasteiger partial charge on any atom is 0.296 e. The van der Waals surface area contributed by atoms with E-state index in [1.807, 2.05) is 33.1 Å². The molecule has 9 heteroatoms. The van der Waals surface area contributed by atoms with Gasteiger partial charge in [-0.15, -0.1) is 10.2 Å². The Morgan fingerprint density at radius 3 is 2.93 bits per heavy atom. The molecule has 0 amide bonds. The third-order valence-electron chi connectivity index (χ3n) is 5.31. The van der Waals surface area contributed by atoms with Crippen molar-refractivity contribution in [3.8, 4) is 11.7 Å². The fourth-order valence-corrected chi connectivity index (χ4v) is 3.95. The zero-order chi connectivity index (χ0) is 18.9. The second kappa shape index (κ2) is 5.35. The standard InChI is InChI=1S/C19H17N7O2/c1-19(2)8-7-13(27-19)15-21-18(28-24-15)17-23-22-16-11-5-3-4-6-12(11)25-10-20-9-14(25)26(16)17/h3-6,9-10,13H,7-8H2,1-2H3. The van der Waals surface area contributed by atoms with E-state index in [0.29, 0.717) is 17.5 Å². The fourth-order valence-electron chi connectivity index (χ4n) is 3.95. The van der Waals surface area contributed by atoms with Gasteiger partial charge in [-0.05, 0) is 38.8 Å². The first-order valence-electron chi connectivity index (χ1n) is 9.20. The highest BCUT2D eigenvalue weighted by Gasteiger charge is 2.35. The van der Waals surface area contributed by atoms with E-state index >= 15 is 0 Å². The van der Waals surface area contributed by atoms with Crippen molar-refractivity contribution in [2.45, 2.75) is 38.4 Å². The molecule has 0 saturated carbocycles. The van der Waals surface area contributed by atoms with Gasteiger partial charge in [-0.1, -0.05) is 17.3 Å². The lowest BCUT2D eigenvalue weighted by Crippen LogP contribution is -2.17. The highest BCUT2D eigenvalue weighted by Crippen LogP contribution is 2.38. The van der Waals surface area contributed by atoms with E-state index in [1.165, 1.54) is 0 Å². The molecule has 1 atom stereocenters. The zero-order valence-corrected chi connectivity index (χ0v) is 15.4. The monoisotopic (exact) mass is 375 g/mol. The SMILES string of the molecule is CC1(C)CCC(c2noc(-c3nnc4c5ccccc5n5cncc5n34)n2)O1. The normalized spacial score (nSPS) is 19.3. The number of ether oxygens (including phenoxy) is 1. The lowest BCUT2D eigenvalue weighted by atomic mass is 10.1. The Morgan fingerprint density at radius 1 is 1.18 bits per heavy atom. The Morgan fingerprint density at radius 2 is 2.07 bits per heavy atom. The van der Waals surface area contributed by atoms with Gasteiger partial charge in [0.1, 0.15) is 18.1 Å². The van der Waals surface area contributed by atoms with Crippen molar-refractivity contribution in [3.63, 3.8) is 0 Å². The Bertz CT molecular complexity index is 1350. The van der Waals surface area contributed by atoms with E-state index in [0.717, 1.165) is 35.0 Å². The molecule has 0 spiro atoms. The first kappa shape index (κ1) is 15.7. The van der Waals surface area contributed by atoms with Crippen LogP contribution >= 0.6 is 0 Å². The largest absolute Gasteiger partial charge is 0.364 e. The highest BCUT2D eigenvalue weighted by atomic mass is 16.5. The minimum atomic E-state index is -0.171. The van der Waals surface area contributed by atoms with Gasteiger partial charge in [-0.2, -0.15) is 4.98 Å². The maximum atomic E-state index is 6.03. The maximum absolute atomic E-state index is 6.03. The lowest BCUT2D eigenvalue weighted by molar-refractivity contribution is -0.0207. The summed E-state index contributed by atoms with van der Waals surface area (Å²) in [6.45, 7) is 4.14. The average molecular weight is 375 g/mol. The van der Waals surface area contributed by atoms with Crippen molar-refractivity contribution in [2.75, 3.05) is 0 Å². The number of aromatic nitrogens is 7. The van der Waals surface area contributed by atoms with Crippen LogP contribution in [0.2, 0.25) is 0 Å². The van der Waals surface area contributed by atoms with Gasteiger partial charge >= 0.3 is 0 Å². The molecular weight excluding hydrogens is 358 g/mol. The predicted molar refractivity (Wildman–Crippen MR) is 99.7 cm³/mol. The summed E-state index contributed by atoms with van der Waals surface area (Å²) in [5.74, 6) is 1.35. The molecule has 4 aromatic heterocycles. The predicted octanol–water partition coefficient (Wildman–Crippen LogP) is 3.21. The number of hydrogen-bond acceptors (Lipinski definition) is 7. The van der Waals surface area contributed by atoms with Crippen molar-refractivity contribution < 1.29 is 9.26 Å². The molecule has 28 heavy (non-hydrogen) atoms. The van der Waals surface area contributed by atoms with Crippen LogP contribution in [0.1, 0.15) is 38.6 Å². The van der Waals surface area contributed by atoms with Gasteiger partial charge in [0.05, 0.1) is 17.3 Å². The van der Waals surface area contributed by atoms with Crippen molar-refractivity contribution in [2.24, 2.45) is 0 Å². The number of benzene rings is 1. The molecule has 0 radical (unpaired) electrons. The fraction of sp³-hybridized carbons (Fsp3) is 0.316. The molecule has 6 rings (SSSR count). The molecule has 9 nitrogen and oxygen atoms in total. The van der Waals surface area contributed by atoms with E-state index in [2.05, 4.69) is 39.2 Å². The van der Waals surface area contributed by atoms with Crippen LogP contribution in [-0.2, 0) is 4.74 Å². The Balaban J connectivity index is 1.55. The van der Waals surface area contributed by atoms with Crippen LogP contribution in [0.25, 0.3) is 33.9 Å². The van der Waals surface area contributed by atoms with Crippen LogP contribution in [0, 0.1) is 0 Å². The second-order valence-corrected chi connectivity index (χ2v) is 7.68. The summed E-state index contributed by atoms with van der Waals surface area (Å²) in [4.78, 5) is 8.87. The summed E-state index contributed by atoms with van der Waals surface area (Å²) in [7, 11) is 0. The average Bonchev–Trinajstić information content (AvgIpc) is 3.46. The van der Waals surface area contributed by atoms with Crippen molar-refractivity contribution >= 4 is 22.2 Å². The molecule has 140 valence electrons. The molecule has 5 aromatic rings. The van der Waals surface area contributed by atoms with Crippen LogP contribution < -0.4 is 0 Å². The van der Waals surface area contributed by atoms with Gasteiger partial charge in [0.15, 0.2) is 5.65 Å². The summed E-state index contributed by atoms with van der Waals surface area (Å²) in [6, 6.07) is 8.00. The summed E-state index contributed by atoms with van der Waals surface area (Å²) >= 11 is 0. The van der Waals surface area contributed by atoms with Gasteiger partial charge in [-0.25, -0.2) is 4.98 Å². The van der Waals surface area contributed by atoms with Crippen LogP contribution in [0.4, 0.5) is 0 Å². The molecule has 0 bridgehead atoms. The van der Waals surface area contributed by atoms with E-state index < -0.39 is 0 Å². The summed E-state index contributed by atoms with van der Waals surface area (Å²) in [6.07, 6.45) is 5.20. The van der Waals surface area contributed by atoms with Crippen LogP contribution in [0.5, 0.6) is 0 Å². The molecule has 0 aliphatic carbocycles. The summed E-state index contributed by atoms with van der Waals surface area (Å²) in [5, 5.41) is 13.9. The Kier molecular flexibility index (Phi) is 3.00. The van der Waals surface area contributed by atoms with Crippen LogP contribution in [-0.4, -0.2) is 39.7 Å². The Labute approximate surface area is 159 Å². The molecular formula is C19H17N7O2. The summed E-state index contributed by atoms with van der Waals surface area (Å²) < 4.78 is 15.5. The van der Waals surface area contributed by atoms with Crippen molar-refractivity contribution in [1.82, 2.24) is 34.1 Å². The minimum Gasteiger partial charge on any atom is -0.364 e. The third-order valence-corrected chi connectivity index (χ3v) is 5.31. The van der Waals surface area contributed by atoms with E-state index in [-0.39, 0.29) is 11.7 Å². The number of imidazole rings is 1. The van der Waals surface area contributed by atoms with E-state index in [4.69, 9.17) is 9.26 Å². The van der Waals surface area contributed by atoms with Gasteiger partial charge in [0.25, 0.3) is 5.89 Å². The topological polar surface area (TPSA) is 95.6 Å². The second-order valence-electron chi connectivity index (χ2n) is 7.68. The number of nitrogens with zero attached hydrogens (tertiary/aromatic N) is 7. The van der Waals surface area contributed by atoms with E-state index in [9.17, 15) is 0 Å².